The average molecular weight is 228 g/mol. The third kappa shape index (κ3) is 3.82. The Balaban J connectivity index is 2.53. The summed E-state index contributed by atoms with van der Waals surface area (Å²) in [5.74, 6) is 0.414. The van der Waals surface area contributed by atoms with Gasteiger partial charge in [0.05, 0.1) is 6.61 Å². The molecule has 0 saturated heterocycles. The van der Waals surface area contributed by atoms with Crippen LogP contribution in [0.3, 0.4) is 0 Å². The average Bonchev–Trinajstić information content (AvgIpc) is 2.21. The van der Waals surface area contributed by atoms with Gasteiger partial charge in [-0.15, -0.1) is 0 Å². The highest BCUT2D eigenvalue weighted by molar-refractivity contribution is 6.31. The Kier molecular flexibility index (Phi) is 5.09. The second-order valence-corrected chi connectivity index (χ2v) is 4.41. The second-order valence-electron chi connectivity index (χ2n) is 4.01. The molecule has 1 aromatic carbocycles. The number of rotatable bonds is 5. The Hall–Kier alpha value is -0.570. The van der Waals surface area contributed by atoms with Crippen LogP contribution in [0, 0.1) is 5.92 Å². The van der Waals surface area contributed by atoms with Crippen LogP contribution in [0.1, 0.15) is 19.4 Å². The lowest BCUT2D eigenvalue weighted by atomic mass is 10.1. The molecule has 0 saturated carbocycles. The van der Waals surface area contributed by atoms with E-state index < -0.39 is 0 Å². The van der Waals surface area contributed by atoms with Gasteiger partial charge >= 0.3 is 0 Å². The summed E-state index contributed by atoms with van der Waals surface area (Å²) in [5, 5.41) is 13.2. The van der Waals surface area contributed by atoms with E-state index in [0.29, 0.717) is 12.5 Å². The van der Waals surface area contributed by atoms with Gasteiger partial charge in [0.2, 0.25) is 0 Å². The van der Waals surface area contributed by atoms with Gasteiger partial charge in [-0.1, -0.05) is 43.6 Å². The van der Waals surface area contributed by atoms with Crippen molar-refractivity contribution in [1.29, 1.82) is 0 Å². The Morgan fingerprint density at radius 2 is 2.00 bits per heavy atom. The molecular formula is C12H18ClNO. The number of halogens is 1. The minimum atomic E-state index is 0.126. The van der Waals surface area contributed by atoms with E-state index in [4.69, 9.17) is 16.7 Å². The molecule has 2 N–H and O–H groups in total. The highest BCUT2D eigenvalue weighted by Crippen LogP contribution is 2.15. The lowest BCUT2D eigenvalue weighted by molar-refractivity contribution is 0.210. The molecule has 0 aromatic heterocycles. The molecule has 1 aromatic rings. The molecular weight excluding hydrogens is 210 g/mol. The van der Waals surface area contributed by atoms with Crippen molar-refractivity contribution in [2.75, 3.05) is 6.61 Å². The summed E-state index contributed by atoms with van der Waals surface area (Å²) in [5.41, 5.74) is 1.07. The van der Waals surface area contributed by atoms with Crippen LogP contribution in [0.15, 0.2) is 24.3 Å². The standard InChI is InChI=1S/C12H18ClNO/c1-9(2)12(8-15)14-7-10-5-3-4-6-11(10)13/h3-6,9,12,14-15H,7-8H2,1-2H3/t12-/m1/s1. The second kappa shape index (κ2) is 6.11. The van der Waals surface area contributed by atoms with Gasteiger partial charge in [-0.2, -0.15) is 0 Å². The number of nitrogens with one attached hydrogen (secondary N) is 1. The molecule has 1 atom stereocenters. The first-order chi connectivity index (χ1) is 7.15. The molecule has 15 heavy (non-hydrogen) atoms. The molecule has 0 heterocycles. The first-order valence-corrected chi connectivity index (χ1v) is 5.60. The van der Waals surface area contributed by atoms with E-state index in [1.54, 1.807) is 0 Å². The van der Waals surface area contributed by atoms with Crippen LogP contribution in [0.2, 0.25) is 5.02 Å². The van der Waals surface area contributed by atoms with Gasteiger partial charge in [-0.25, -0.2) is 0 Å². The normalized spacial score (nSPS) is 13.1. The molecule has 1 rings (SSSR count). The topological polar surface area (TPSA) is 32.3 Å². The molecule has 0 aliphatic carbocycles. The largest absolute Gasteiger partial charge is 0.395 e. The summed E-state index contributed by atoms with van der Waals surface area (Å²) in [6, 6.07) is 7.87. The maximum atomic E-state index is 9.15. The van der Waals surface area contributed by atoms with Gasteiger partial charge < -0.3 is 10.4 Å². The van der Waals surface area contributed by atoms with Crippen LogP contribution in [-0.4, -0.2) is 17.8 Å². The zero-order valence-electron chi connectivity index (χ0n) is 9.20. The lowest BCUT2D eigenvalue weighted by Crippen LogP contribution is -2.36. The predicted molar refractivity (Wildman–Crippen MR) is 64.0 cm³/mol. The molecule has 0 aliphatic rings. The third-order valence-electron chi connectivity index (χ3n) is 2.51. The minimum Gasteiger partial charge on any atom is -0.395 e. The smallest absolute Gasteiger partial charge is 0.0587 e. The Morgan fingerprint density at radius 3 is 2.53 bits per heavy atom. The molecule has 0 radical (unpaired) electrons. The fourth-order valence-electron chi connectivity index (χ4n) is 1.39. The molecule has 0 bridgehead atoms. The van der Waals surface area contributed by atoms with Gasteiger partial charge in [0.15, 0.2) is 0 Å². The molecule has 0 aliphatic heterocycles. The van der Waals surface area contributed by atoms with E-state index in [1.165, 1.54) is 0 Å². The first kappa shape index (κ1) is 12.5. The van der Waals surface area contributed by atoms with Crippen molar-refractivity contribution >= 4 is 11.6 Å². The van der Waals surface area contributed by atoms with Crippen LogP contribution in [-0.2, 0) is 6.54 Å². The summed E-state index contributed by atoms with van der Waals surface area (Å²) in [7, 11) is 0. The number of aliphatic hydroxyl groups excluding tert-OH is 1. The maximum absolute atomic E-state index is 9.15. The van der Waals surface area contributed by atoms with E-state index in [0.717, 1.165) is 10.6 Å². The fraction of sp³-hybridized carbons (Fsp3) is 0.500. The van der Waals surface area contributed by atoms with Crippen LogP contribution in [0.4, 0.5) is 0 Å². The SMILES string of the molecule is CC(C)[C@@H](CO)NCc1ccccc1Cl. The van der Waals surface area contributed by atoms with Crippen molar-refractivity contribution in [3.05, 3.63) is 34.9 Å². The van der Waals surface area contributed by atoms with E-state index in [1.807, 2.05) is 24.3 Å². The van der Waals surface area contributed by atoms with Gasteiger partial charge in [0.25, 0.3) is 0 Å². The number of benzene rings is 1. The van der Waals surface area contributed by atoms with Gasteiger partial charge in [-0.05, 0) is 17.5 Å². The molecule has 0 amide bonds. The van der Waals surface area contributed by atoms with Crippen LogP contribution in [0.5, 0.6) is 0 Å². The highest BCUT2D eigenvalue weighted by atomic mass is 35.5. The van der Waals surface area contributed by atoms with Gasteiger partial charge in [0, 0.05) is 17.6 Å². The molecule has 3 heteroatoms. The molecule has 0 unspecified atom stereocenters. The molecule has 0 fully saturated rings. The van der Waals surface area contributed by atoms with Crippen molar-refractivity contribution in [1.82, 2.24) is 5.32 Å². The van der Waals surface area contributed by atoms with Crippen LogP contribution >= 0.6 is 11.6 Å². The van der Waals surface area contributed by atoms with Crippen LogP contribution < -0.4 is 5.32 Å². The maximum Gasteiger partial charge on any atom is 0.0587 e. The number of hydrogen-bond donors (Lipinski definition) is 2. The summed E-state index contributed by atoms with van der Waals surface area (Å²) in [4.78, 5) is 0. The molecule has 2 nitrogen and oxygen atoms in total. The predicted octanol–water partition coefficient (Wildman–Crippen LogP) is 2.45. The Bertz CT molecular complexity index is 301. The summed E-state index contributed by atoms with van der Waals surface area (Å²) >= 11 is 6.03. The minimum absolute atomic E-state index is 0.126. The first-order valence-electron chi connectivity index (χ1n) is 5.22. The zero-order valence-corrected chi connectivity index (χ0v) is 9.96. The van der Waals surface area contributed by atoms with Crippen molar-refractivity contribution in [3.63, 3.8) is 0 Å². The lowest BCUT2D eigenvalue weighted by Gasteiger charge is -2.20. The molecule has 84 valence electrons. The Morgan fingerprint density at radius 1 is 1.33 bits per heavy atom. The van der Waals surface area contributed by atoms with Crippen molar-refractivity contribution < 1.29 is 5.11 Å². The van der Waals surface area contributed by atoms with Crippen LogP contribution in [0.25, 0.3) is 0 Å². The van der Waals surface area contributed by atoms with E-state index in [-0.39, 0.29) is 12.6 Å². The quantitative estimate of drug-likeness (QED) is 0.810. The number of hydrogen-bond acceptors (Lipinski definition) is 2. The van der Waals surface area contributed by atoms with Crippen molar-refractivity contribution in [2.24, 2.45) is 5.92 Å². The summed E-state index contributed by atoms with van der Waals surface area (Å²) in [6.07, 6.45) is 0. The van der Waals surface area contributed by atoms with Crippen molar-refractivity contribution in [3.8, 4) is 0 Å². The highest BCUT2D eigenvalue weighted by Gasteiger charge is 2.11. The summed E-state index contributed by atoms with van der Waals surface area (Å²) in [6.45, 7) is 5.02. The van der Waals surface area contributed by atoms with E-state index in [2.05, 4.69) is 19.2 Å². The monoisotopic (exact) mass is 227 g/mol. The molecule has 0 spiro atoms. The zero-order chi connectivity index (χ0) is 11.3. The summed E-state index contributed by atoms with van der Waals surface area (Å²) < 4.78 is 0. The third-order valence-corrected chi connectivity index (χ3v) is 2.88. The van der Waals surface area contributed by atoms with Gasteiger partial charge in [0.1, 0.15) is 0 Å². The van der Waals surface area contributed by atoms with E-state index >= 15 is 0 Å². The number of aliphatic hydroxyl groups is 1. The van der Waals surface area contributed by atoms with E-state index in [9.17, 15) is 0 Å². The Labute approximate surface area is 96.3 Å². The van der Waals surface area contributed by atoms with Gasteiger partial charge in [-0.3, -0.25) is 0 Å². The fourth-order valence-corrected chi connectivity index (χ4v) is 1.60. The van der Waals surface area contributed by atoms with Crippen molar-refractivity contribution in [2.45, 2.75) is 26.4 Å².